The second-order valence-electron chi connectivity index (χ2n) is 7.30. The number of fused-ring (bicyclic) bond motifs is 1. The van der Waals surface area contributed by atoms with E-state index in [0.717, 1.165) is 42.0 Å². The Balaban J connectivity index is 1.88. The van der Waals surface area contributed by atoms with Crippen molar-refractivity contribution < 1.29 is 4.74 Å². The van der Waals surface area contributed by atoms with Gasteiger partial charge < -0.3 is 9.64 Å². The zero-order valence-corrected chi connectivity index (χ0v) is 18.6. The summed E-state index contributed by atoms with van der Waals surface area (Å²) in [5.74, 6) is 3.80. The van der Waals surface area contributed by atoms with Gasteiger partial charge in [-0.25, -0.2) is 9.78 Å². The van der Waals surface area contributed by atoms with Crippen LogP contribution in [-0.4, -0.2) is 57.0 Å². The van der Waals surface area contributed by atoms with Gasteiger partial charge in [-0.1, -0.05) is 36.7 Å². The summed E-state index contributed by atoms with van der Waals surface area (Å²) in [6, 6.07) is 7.87. The highest BCUT2D eigenvalue weighted by molar-refractivity contribution is 7.99. The van der Waals surface area contributed by atoms with Crippen LogP contribution in [0, 0.1) is 19.3 Å². The number of benzene rings is 1. The third-order valence-corrected chi connectivity index (χ3v) is 5.52. The molecular weight excluding hydrogens is 398 g/mol. The second kappa shape index (κ2) is 9.83. The van der Waals surface area contributed by atoms with Gasteiger partial charge in [-0.05, 0) is 51.6 Å². The normalized spacial score (nSPS) is 12.3. The van der Waals surface area contributed by atoms with E-state index in [4.69, 9.17) is 11.2 Å². The number of hydrogen-bond acceptors (Lipinski definition) is 6. The zero-order chi connectivity index (χ0) is 21.7. The summed E-state index contributed by atoms with van der Waals surface area (Å²) >= 11 is 1.31. The number of H-pyrrole nitrogens is 1. The van der Waals surface area contributed by atoms with Crippen LogP contribution in [0.15, 0.2) is 34.2 Å². The number of ether oxygens (including phenoxy) is 1. The molecule has 3 rings (SSSR count). The smallest absolute Gasteiger partial charge is 0.350 e. The van der Waals surface area contributed by atoms with E-state index < -0.39 is 0 Å². The topological polar surface area (TPSA) is 75.5 Å². The summed E-state index contributed by atoms with van der Waals surface area (Å²) in [5, 5.41) is 4.84. The van der Waals surface area contributed by atoms with Gasteiger partial charge in [-0.3, -0.25) is 4.98 Å². The number of terminal acetylenes is 1. The largest absolute Gasteiger partial charge is 0.490 e. The van der Waals surface area contributed by atoms with Crippen LogP contribution in [0.2, 0.25) is 0 Å². The Labute approximate surface area is 180 Å². The molecule has 0 fully saturated rings. The first kappa shape index (κ1) is 21.9. The van der Waals surface area contributed by atoms with Crippen molar-refractivity contribution in [3.8, 4) is 29.2 Å². The lowest BCUT2D eigenvalue weighted by Gasteiger charge is -2.19. The Hall–Kier alpha value is -2.76. The molecule has 0 aliphatic rings. The molecule has 2 heterocycles. The van der Waals surface area contributed by atoms with Crippen molar-refractivity contribution in [3.63, 3.8) is 0 Å². The van der Waals surface area contributed by atoms with E-state index in [-0.39, 0.29) is 11.8 Å². The van der Waals surface area contributed by atoms with E-state index in [9.17, 15) is 4.79 Å². The van der Waals surface area contributed by atoms with Crippen LogP contribution in [0.4, 0.5) is 0 Å². The molecular formula is C22H27N5O2S. The number of aromatic amines is 1. The molecule has 1 N–H and O–H groups in total. The van der Waals surface area contributed by atoms with Crippen molar-refractivity contribution in [1.29, 1.82) is 0 Å². The summed E-state index contributed by atoms with van der Waals surface area (Å²) in [7, 11) is 4.13. The molecule has 7 nitrogen and oxygen atoms in total. The first-order valence-electron chi connectivity index (χ1n) is 9.90. The summed E-state index contributed by atoms with van der Waals surface area (Å²) < 4.78 is 7.44. The third kappa shape index (κ3) is 5.04. The van der Waals surface area contributed by atoms with Crippen molar-refractivity contribution in [3.05, 3.63) is 40.4 Å². The number of nitrogens with zero attached hydrogens (tertiary/aromatic N) is 4. The molecule has 0 saturated carbocycles. The number of hydrogen-bond donors (Lipinski definition) is 1. The van der Waals surface area contributed by atoms with E-state index in [1.165, 1.54) is 16.3 Å². The number of nitrogens with one attached hydrogen (secondary N) is 1. The minimum Gasteiger partial charge on any atom is -0.490 e. The quantitative estimate of drug-likeness (QED) is 0.419. The monoisotopic (exact) mass is 425 g/mol. The maximum absolute atomic E-state index is 12.4. The molecule has 1 unspecified atom stereocenters. The molecule has 0 radical (unpaired) electrons. The van der Waals surface area contributed by atoms with Gasteiger partial charge in [0, 0.05) is 12.1 Å². The van der Waals surface area contributed by atoms with Crippen LogP contribution in [0.3, 0.4) is 0 Å². The summed E-state index contributed by atoms with van der Waals surface area (Å²) in [4.78, 5) is 21.8. The Kier molecular flexibility index (Phi) is 7.19. The van der Waals surface area contributed by atoms with Crippen molar-refractivity contribution in [2.45, 2.75) is 37.9 Å². The summed E-state index contributed by atoms with van der Waals surface area (Å²) in [6.07, 6.45) is 7.42. The van der Waals surface area contributed by atoms with Gasteiger partial charge in [-0.2, -0.15) is 9.61 Å². The highest BCUT2D eigenvalue weighted by Gasteiger charge is 2.17. The fourth-order valence-electron chi connectivity index (χ4n) is 3.19. The highest BCUT2D eigenvalue weighted by Crippen LogP contribution is 2.29. The lowest BCUT2D eigenvalue weighted by molar-refractivity contribution is 0.172. The van der Waals surface area contributed by atoms with Gasteiger partial charge in [0.2, 0.25) is 0 Å². The van der Waals surface area contributed by atoms with Crippen molar-refractivity contribution in [1.82, 2.24) is 24.5 Å². The average molecular weight is 426 g/mol. The van der Waals surface area contributed by atoms with E-state index in [1.807, 2.05) is 31.2 Å². The molecule has 8 heteroatoms. The van der Waals surface area contributed by atoms with Gasteiger partial charge in [0.05, 0.1) is 17.6 Å². The summed E-state index contributed by atoms with van der Waals surface area (Å²) in [6.45, 7) is 4.99. The molecule has 1 atom stereocenters. The van der Waals surface area contributed by atoms with E-state index in [2.05, 4.69) is 46.9 Å². The second-order valence-corrected chi connectivity index (χ2v) is 8.26. The molecule has 30 heavy (non-hydrogen) atoms. The molecule has 158 valence electrons. The van der Waals surface area contributed by atoms with Gasteiger partial charge in [0.1, 0.15) is 5.75 Å². The van der Waals surface area contributed by atoms with Crippen molar-refractivity contribution in [2.75, 3.05) is 26.4 Å². The molecule has 3 aromatic rings. The number of aromatic nitrogens is 4. The predicted molar refractivity (Wildman–Crippen MR) is 121 cm³/mol. The first-order valence-corrected chi connectivity index (χ1v) is 10.9. The molecule has 0 amide bonds. The van der Waals surface area contributed by atoms with Crippen LogP contribution >= 0.6 is 11.8 Å². The lowest BCUT2D eigenvalue weighted by atomic mass is 10.1. The standard InChI is InChI=1S/C22H27N5O2S/c1-6-14-30-21-23-20-19(15(3)25-27(20)22(28)24-21)16-8-10-18(11-9-16)29-17(7-2)12-13-26(4)5/h1,8-11,17H,7,12-14H2,2-5H3,(H,23,24,28). The van der Waals surface area contributed by atoms with E-state index >= 15 is 0 Å². The minimum atomic E-state index is -0.333. The average Bonchev–Trinajstić information content (AvgIpc) is 3.06. The van der Waals surface area contributed by atoms with Gasteiger partial charge >= 0.3 is 5.69 Å². The van der Waals surface area contributed by atoms with Crippen LogP contribution in [0.5, 0.6) is 5.75 Å². The Morgan fingerprint density at radius 1 is 1.33 bits per heavy atom. The SMILES string of the molecule is C#CCSc1nc2c(-c3ccc(OC(CC)CCN(C)C)cc3)c(C)nn2c(=O)[nH]1. The van der Waals surface area contributed by atoms with E-state index in [0.29, 0.717) is 16.6 Å². The van der Waals surface area contributed by atoms with E-state index in [1.54, 1.807) is 0 Å². The predicted octanol–water partition coefficient (Wildman–Crippen LogP) is 3.23. The molecule has 0 aliphatic heterocycles. The first-order chi connectivity index (χ1) is 14.4. The molecule has 0 aliphatic carbocycles. The molecule has 0 bridgehead atoms. The van der Waals surface area contributed by atoms with Gasteiger partial charge in [-0.15, -0.1) is 6.42 Å². The maximum atomic E-state index is 12.4. The minimum absolute atomic E-state index is 0.174. The zero-order valence-electron chi connectivity index (χ0n) is 17.8. The molecule has 0 spiro atoms. The summed E-state index contributed by atoms with van der Waals surface area (Å²) in [5.41, 5.74) is 2.68. The third-order valence-electron chi connectivity index (χ3n) is 4.74. The lowest BCUT2D eigenvalue weighted by Crippen LogP contribution is -2.23. The number of aryl methyl sites for hydroxylation is 1. The van der Waals surface area contributed by atoms with Gasteiger partial charge in [0.25, 0.3) is 0 Å². The maximum Gasteiger partial charge on any atom is 0.350 e. The van der Waals surface area contributed by atoms with Crippen molar-refractivity contribution in [2.24, 2.45) is 0 Å². The van der Waals surface area contributed by atoms with Crippen LogP contribution in [0.1, 0.15) is 25.5 Å². The van der Waals surface area contributed by atoms with Gasteiger partial charge in [0.15, 0.2) is 10.8 Å². The van der Waals surface area contributed by atoms with Crippen LogP contribution < -0.4 is 10.4 Å². The van der Waals surface area contributed by atoms with Crippen LogP contribution in [-0.2, 0) is 0 Å². The number of thioether (sulfide) groups is 1. The fraction of sp³-hybridized carbons (Fsp3) is 0.409. The number of rotatable bonds is 9. The van der Waals surface area contributed by atoms with Crippen molar-refractivity contribution >= 4 is 17.4 Å². The molecule has 1 aromatic carbocycles. The highest BCUT2D eigenvalue weighted by atomic mass is 32.2. The Bertz CT molecular complexity index is 1100. The fourth-order valence-corrected chi connectivity index (χ4v) is 3.72. The van der Waals surface area contributed by atoms with Crippen LogP contribution in [0.25, 0.3) is 16.8 Å². The molecule has 2 aromatic heterocycles. The Morgan fingerprint density at radius 3 is 2.70 bits per heavy atom. The molecule has 0 saturated heterocycles. The Morgan fingerprint density at radius 2 is 2.07 bits per heavy atom.